The quantitative estimate of drug-likeness (QED) is 0.621. The summed E-state index contributed by atoms with van der Waals surface area (Å²) in [5.41, 5.74) is 3.19. The first-order chi connectivity index (χ1) is 15.2. The van der Waals surface area contributed by atoms with Gasteiger partial charge in [0.25, 0.3) is 0 Å². The predicted octanol–water partition coefficient (Wildman–Crippen LogP) is 3.98. The molecule has 1 atom stereocenters. The lowest BCUT2D eigenvalue weighted by Crippen LogP contribution is -2.34. The molecule has 0 saturated carbocycles. The van der Waals surface area contributed by atoms with Gasteiger partial charge in [-0.15, -0.1) is 0 Å². The third kappa shape index (κ3) is 4.77. The molecule has 0 spiro atoms. The molecule has 31 heavy (non-hydrogen) atoms. The topological polar surface area (TPSA) is 72.4 Å². The second kappa shape index (κ2) is 9.75. The molecule has 1 N–H and O–H groups in total. The van der Waals surface area contributed by atoms with Crippen molar-refractivity contribution in [3.05, 3.63) is 60.0 Å². The smallest absolute Gasteiger partial charge is 0.165 e. The third-order valence-electron chi connectivity index (χ3n) is 5.74. The molecule has 0 bridgehead atoms. The molecule has 1 aromatic carbocycles. The van der Waals surface area contributed by atoms with Crippen LogP contribution in [-0.2, 0) is 6.54 Å². The summed E-state index contributed by atoms with van der Waals surface area (Å²) in [5, 5.41) is 3.18. The van der Waals surface area contributed by atoms with Crippen LogP contribution >= 0.6 is 0 Å². The minimum absolute atomic E-state index is 0.348. The van der Waals surface area contributed by atoms with Crippen LogP contribution in [0.1, 0.15) is 30.0 Å². The number of hydrogen-bond acceptors (Lipinski definition) is 7. The lowest BCUT2D eigenvalue weighted by molar-refractivity contribution is 0.196. The summed E-state index contributed by atoms with van der Waals surface area (Å²) in [5.74, 6) is 3.50. The highest BCUT2D eigenvalue weighted by Gasteiger charge is 2.25. The minimum atomic E-state index is 0.348. The van der Waals surface area contributed by atoms with Gasteiger partial charge in [-0.3, -0.25) is 9.88 Å². The van der Waals surface area contributed by atoms with Crippen LogP contribution in [-0.4, -0.2) is 54.2 Å². The van der Waals surface area contributed by atoms with Gasteiger partial charge in [-0.05, 0) is 37.6 Å². The van der Waals surface area contributed by atoms with Crippen molar-refractivity contribution in [2.45, 2.75) is 25.3 Å². The number of rotatable bonds is 7. The van der Waals surface area contributed by atoms with E-state index in [1.54, 1.807) is 26.6 Å². The lowest BCUT2D eigenvalue weighted by Gasteiger charge is -2.33. The number of nitrogens with zero attached hydrogens (tertiary/aromatic N) is 4. The molecule has 0 radical (unpaired) electrons. The first-order valence-electron chi connectivity index (χ1n) is 10.6. The largest absolute Gasteiger partial charge is 0.493 e. The van der Waals surface area contributed by atoms with Gasteiger partial charge in [-0.2, -0.15) is 0 Å². The van der Waals surface area contributed by atoms with Gasteiger partial charge in [0.1, 0.15) is 5.82 Å². The van der Waals surface area contributed by atoms with Gasteiger partial charge >= 0.3 is 0 Å². The van der Waals surface area contributed by atoms with E-state index in [1.165, 1.54) is 0 Å². The number of pyridine rings is 1. The molecular weight excluding hydrogens is 390 g/mol. The van der Waals surface area contributed by atoms with Gasteiger partial charge in [0, 0.05) is 55.6 Å². The van der Waals surface area contributed by atoms with Crippen LogP contribution in [0.3, 0.4) is 0 Å². The Morgan fingerprint density at radius 2 is 1.94 bits per heavy atom. The number of para-hydroxylation sites is 1. The Kier molecular flexibility index (Phi) is 6.62. The van der Waals surface area contributed by atoms with Crippen molar-refractivity contribution in [3.8, 4) is 22.9 Å². The number of ether oxygens (including phenoxy) is 2. The summed E-state index contributed by atoms with van der Waals surface area (Å²) < 4.78 is 11.1. The molecule has 1 saturated heterocycles. The Morgan fingerprint density at radius 1 is 1.10 bits per heavy atom. The van der Waals surface area contributed by atoms with Gasteiger partial charge in [-0.1, -0.05) is 12.1 Å². The van der Waals surface area contributed by atoms with E-state index in [-0.39, 0.29) is 0 Å². The summed E-state index contributed by atoms with van der Waals surface area (Å²) in [6.45, 7) is 2.81. The maximum absolute atomic E-state index is 5.63. The number of aromatic nitrogens is 3. The highest BCUT2D eigenvalue weighted by molar-refractivity contribution is 5.57. The molecule has 1 aliphatic heterocycles. The molecule has 1 aliphatic rings. The van der Waals surface area contributed by atoms with E-state index in [4.69, 9.17) is 14.5 Å². The molecule has 1 fully saturated rings. The number of likely N-dealkylation sites (tertiary alicyclic amines) is 1. The number of piperidine rings is 1. The maximum Gasteiger partial charge on any atom is 0.165 e. The van der Waals surface area contributed by atoms with Crippen LogP contribution in [0.15, 0.2) is 48.8 Å². The molecule has 3 heterocycles. The Bertz CT molecular complexity index is 1010. The first kappa shape index (κ1) is 21.1. The zero-order valence-electron chi connectivity index (χ0n) is 18.3. The molecule has 7 heteroatoms. The van der Waals surface area contributed by atoms with E-state index >= 15 is 0 Å². The molecular formula is C24H29N5O2. The fourth-order valence-electron chi connectivity index (χ4n) is 4.19. The Labute approximate surface area is 183 Å². The fraction of sp³-hybridized carbons (Fsp3) is 0.375. The third-order valence-corrected chi connectivity index (χ3v) is 5.74. The van der Waals surface area contributed by atoms with E-state index in [0.29, 0.717) is 5.92 Å². The predicted molar refractivity (Wildman–Crippen MR) is 122 cm³/mol. The summed E-state index contributed by atoms with van der Waals surface area (Å²) >= 11 is 0. The van der Waals surface area contributed by atoms with Crippen LogP contribution in [0.5, 0.6) is 11.5 Å². The van der Waals surface area contributed by atoms with Crippen molar-refractivity contribution >= 4 is 5.82 Å². The summed E-state index contributed by atoms with van der Waals surface area (Å²) in [4.78, 5) is 16.2. The lowest BCUT2D eigenvalue weighted by atomic mass is 9.93. The van der Waals surface area contributed by atoms with Crippen molar-refractivity contribution in [1.82, 2.24) is 19.9 Å². The highest BCUT2D eigenvalue weighted by atomic mass is 16.5. The monoisotopic (exact) mass is 419 g/mol. The Morgan fingerprint density at radius 3 is 2.68 bits per heavy atom. The molecule has 3 aromatic rings. The van der Waals surface area contributed by atoms with E-state index in [9.17, 15) is 0 Å². The van der Waals surface area contributed by atoms with E-state index in [1.807, 2.05) is 31.3 Å². The van der Waals surface area contributed by atoms with Crippen LogP contribution in [0.2, 0.25) is 0 Å². The number of anilines is 1. The summed E-state index contributed by atoms with van der Waals surface area (Å²) in [6, 6.07) is 12.0. The molecule has 4 rings (SSSR count). The van der Waals surface area contributed by atoms with Gasteiger partial charge in [0.2, 0.25) is 0 Å². The Balaban J connectivity index is 1.57. The van der Waals surface area contributed by atoms with Crippen LogP contribution in [0, 0.1) is 0 Å². The normalized spacial score (nSPS) is 16.7. The van der Waals surface area contributed by atoms with Gasteiger partial charge in [-0.25, -0.2) is 9.97 Å². The average Bonchev–Trinajstić information content (AvgIpc) is 2.84. The maximum atomic E-state index is 5.63. The van der Waals surface area contributed by atoms with Crippen molar-refractivity contribution in [2.75, 3.05) is 39.7 Å². The number of methoxy groups -OCH3 is 2. The van der Waals surface area contributed by atoms with Crippen LogP contribution in [0.4, 0.5) is 5.82 Å². The molecule has 162 valence electrons. The van der Waals surface area contributed by atoms with Gasteiger partial charge in [0.05, 0.1) is 19.9 Å². The first-order valence-corrected chi connectivity index (χ1v) is 10.6. The van der Waals surface area contributed by atoms with Crippen molar-refractivity contribution in [1.29, 1.82) is 0 Å². The highest BCUT2D eigenvalue weighted by Crippen LogP contribution is 2.34. The summed E-state index contributed by atoms with van der Waals surface area (Å²) in [6.07, 6.45) is 5.78. The average molecular weight is 420 g/mol. The zero-order valence-corrected chi connectivity index (χ0v) is 18.3. The van der Waals surface area contributed by atoms with Crippen molar-refractivity contribution in [2.24, 2.45) is 0 Å². The van der Waals surface area contributed by atoms with Crippen LogP contribution in [0.25, 0.3) is 11.4 Å². The van der Waals surface area contributed by atoms with E-state index in [2.05, 4.69) is 32.3 Å². The van der Waals surface area contributed by atoms with Crippen molar-refractivity contribution in [3.63, 3.8) is 0 Å². The SMILES string of the molecule is CNc1cc([C@H]2CCCN(Cc3cccc(OC)c3OC)C2)nc(-c2ccncc2)n1. The molecule has 7 nitrogen and oxygen atoms in total. The second-order valence-corrected chi connectivity index (χ2v) is 7.71. The van der Waals surface area contributed by atoms with Crippen molar-refractivity contribution < 1.29 is 9.47 Å². The standard InChI is InChI=1S/C24H29N5O2/c1-25-22-14-20(27-24(28-22)17-9-11-26-12-10-17)18-7-5-13-29(15-18)16-19-6-4-8-21(30-2)23(19)31-3/h4,6,8-12,14,18H,5,7,13,15-16H2,1-3H3,(H,25,27,28)/t18-/m0/s1. The molecule has 0 unspecified atom stereocenters. The number of nitrogens with one attached hydrogen (secondary N) is 1. The second-order valence-electron chi connectivity index (χ2n) is 7.71. The zero-order chi connectivity index (χ0) is 21.6. The number of benzene rings is 1. The van der Waals surface area contributed by atoms with Gasteiger partial charge < -0.3 is 14.8 Å². The molecule has 2 aromatic heterocycles. The van der Waals surface area contributed by atoms with E-state index in [0.717, 1.165) is 72.4 Å². The fourth-order valence-corrected chi connectivity index (χ4v) is 4.19. The molecule has 0 amide bonds. The molecule has 0 aliphatic carbocycles. The van der Waals surface area contributed by atoms with E-state index < -0.39 is 0 Å². The minimum Gasteiger partial charge on any atom is -0.493 e. The number of hydrogen-bond donors (Lipinski definition) is 1. The van der Waals surface area contributed by atoms with Gasteiger partial charge in [0.15, 0.2) is 17.3 Å². The summed E-state index contributed by atoms with van der Waals surface area (Å²) in [7, 11) is 5.26. The van der Waals surface area contributed by atoms with Crippen LogP contribution < -0.4 is 14.8 Å². The Hall–Kier alpha value is -3.19.